The lowest BCUT2D eigenvalue weighted by molar-refractivity contribution is -0.140. The third kappa shape index (κ3) is 62.3. The second-order valence-corrected chi connectivity index (χ2v) is 35.4. The summed E-state index contributed by atoms with van der Waals surface area (Å²) in [5.74, 6) is -0.492. The fourth-order valence-corrected chi connectivity index (χ4v) is 11.1. The third-order valence-electron chi connectivity index (χ3n) is 19.2. The minimum Gasteiger partial charge on any atom is -0.378 e. The number of nitrogens with zero attached hydrogens (tertiary/aromatic N) is 1. The van der Waals surface area contributed by atoms with E-state index < -0.39 is 0 Å². The minimum atomic E-state index is -0.343. The van der Waals surface area contributed by atoms with Gasteiger partial charge >= 0.3 is 0 Å². The van der Waals surface area contributed by atoms with Crippen LogP contribution >= 0.6 is 0 Å². The van der Waals surface area contributed by atoms with Crippen LogP contribution in [0.2, 0.25) is 0 Å². The van der Waals surface area contributed by atoms with E-state index >= 15 is 0 Å². The molecular formula is C90H173NO28. The largest absolute Gasteiger partial charge is 0.378 e. The molecule has 1 rings (SSSR count). The van der Waals surface area contributed by atoms with Gasteiger partial charge in [-0.1, -0.05) is 41.5 Å². The van der Waals surface area contributed by atoms with Crippen molar-refractivity contribution in [2.24, 2.45) is 23.2 Å². The van der Waals surface area contributed by atoms with Gasteiger partial charge < -0.3 is 114 Å². The summed E-state index contributed by atoms with van der Waals surface area (Å²) in [6.07, 6.45) is -2.01. The van der Waals surface area contributed by atoms with Crippen molar-refractivity contribution in [3.05, 3.63) is 0 Å². The summed E-state index contributed by atoms with van der Waals surface area (Å²) in [7, 11) is 0. The first kappa shape index (κ1) is 115. The van der Waals surface area contributed by atoms with Gasteiger partial charge in [0, 0.05) is 38.1 Å². The molecule has 1 fully saturated rings. The maximum atomic E-state index is 12.8. The van der Waals surface area contributed by atoms with E-state index in [4.69, 9.17) is 114 Å². The molecule has 0 aromatic rings. The average molecular weight is 1720 g/mol. The van der Waals surface area contributed by atoms with Gasteiger partial charge in [0.25, 0.3) is 0 Å². The van der Waals surface area contributed by atoms with Crippen molar-refractivity contribution in [3.63, 3.8) is 0 Å². The highest BCUT2D eigenvalue weighted by Gasteiger charge is 2.44. The average Bonchev–Trinajstić information content (AvgIpc) is 1.66. The maximum absolute atomic E-state index is 12.8. The second-order valence-electron chi connectivity index (χ2n) is 35.4. The number of likely N-dealkylation sites (tertiary alicyclic amines) is 1. The Labute approximate surface area is 719 Å². The van der Waals surface area contributed by atoms with Gasteiger partial charge in [0.2, 0.25) is 11.8 Å². The summed E-state index contributed by atoms with van der Waals surface area (Å²) in [6, 6.07) is 0. The molecule has 1 aliphatic heterocycles. The standard InChI is InChI=1S/C90H173NO28/c1-60(2)87(93)31-33-96-37-62(4)98-39-64(6)100-41-66(8)102-43-68(10)104-45-70(12)106-47-72(14)108-49-74(16)110-51-76(18)112-53-78(20)114-55-80(22)116-57-82(24)118-59-84(26)119-58-83(25)117-56-81(23)115-54-79(21)113-52-77(19)111-50-75(17)109-48-73(15)107-46-71(13)105-44-69(11)103-42-67(9)101-40-65(7)99-38-63(5)97-36-61(3)34-85(92)30-32-91-88(94)35-86(89(91)95)90(27,28)29/h60-84,86H,30-59H2,1-29H3. The summed E-state index contributed by atoms with van der Waals surface area (Å²) in [6.45, 7) is 67.5. The fourth-order valence-electron chi connectivity index (χ4n) is 11.1. The van der Waals surface area contributed by atoms with E-state index in [1.165, 1.54) is 4.90 Å². The predicted molar refractivity (Wildman–Crippen MR) is 457 cm³/mol. The quantitative estimate of drug-likeness (QED) is 0.0404. The fraction of sp³-hybridized carbons (Fsp3) is 0.956. The highest BCUT2D eigenvalue weighted by atomic mass is 16.6. The molecule has 0 aromatic heterocycles. The van der Waals surface area contributed by atoms with Crippen LogP contribution < -0.4 is 0 Å². The molecule has 29 heteroatoms. The van der Waals surface area contributed by atoms with E-state index in [-0.39, 0.29) is 206 Å². The summed E-state index contributed by atoms with van der Waals surface area (Å²) in [4.78, 5) is 51.0. The topological polar surface area (TPSA) is 293 Å². The van der Waals surface area contributed by atoms with Gasteiger partial charge in [0.1, 0.15) is 11.6 Å². The van der Waals surface area contributed by atoms with Crippen LogP contribution in [0.4, 0.5) is 0 Å². The Balaban J connectivity index is 2.08. The number of amides is 2. The number of imide groups is 1. The predicted octanol–water partition coefficient (Wildman–Crippen LogP) is 12.3. The van der Waals surface area contributed by atoms with Gasteiger partial charge in [-0.25, -0.2) is 0 Å². The van der Waals surface area contributed by atoms with E-state index in [1.54, 1.807) is 0 Å². The molecule has 0 aromatic carbocycles. The Morgan fingerprint density at radius 3 is 0.622 bits per heavy atom. The molecule has 2 amide bonds. The smallest absolute Gasteiger partial charge is 0.233 e. The van der Waals surface area contributed by atoms with Crippen molar-refractivity contribution in [3.8, 4) is 0 Å². The number of carbonyl (C=O) groups is 4. The molecule has 1 saturated heterocycles. The molecule has 29 nitrogen and oxygen atoms in total. The van der Waals surface area contributed by atoms with Gasteiger partial charge in [-0.3, -0.25) is 24.1 Å². The lowest BCUT2D eigenvalue weighted by atomic mass is 9.80. The Kier molecular flexibility index (Phi) is 64.4. The molecule has 1 heterocycles. The zero-order valence-corrected chi connectivity index (χ0v) is 79.6. The minimum absolute atomic E-state index is 0.00613. The van der Waals surface area contributed by atoms with E-state index in [9.17, 15) is 19.2 Å². The zero-order valence-electron chi connectivity index (χ0n) is 79.6. The molecule has 0 saturated carbocycles. The van der Waals surface area contributed by atoms with Crippen LogP contribution in [0.1, 0.15) is 226 Å². The third-order valence-corrected chi connectivity index (χ3v) is 19.2. The first-order valence-electron chi connectivity index (χ1n) is 44.6. The second kappa shape index (κ2) is 66.9. The Hall–Kier alpha value is -2.48. The lowest BCUT2D eigenvalue weighted by Crippen LogP contribution is -2.35. The van der Waals surface area contributed by atoms with Crippen molar-refractivity contribution in [1.82, 2.24) is 4.90 Å². The van der Waals surface area contributed by atoms with Gasteiger partial charge in [-0.2, -0.15) is 0 Å². The van der Waals surface area contributed by atoms with Gasteiger partial charge in [0.05, 0.1) is 311 Å². The highest BCUT2D eigenvalue weighted by molar-refractivity contribution is 6.04. The molecule has 1 aliphatic rings. The van der Waals surface area contributed by atoms with Crippen molar-refractivity contribution < 1.29 is 133 Å². The number of Topliss-reactive ketones (excluding diaryl/α,β-unsaturated/α-hetero) is 2. The number of hydrogen-bond acceptors (Lipinski definition) is 28. The number of ether oxygens (including phenoxy) is 24. The van der Waals surface area contributed by atoms with Crippen molar-refractivity contribution >= 4 is 23.4 Å². The van der Waals surface area contributed by atoms with Crippen molar-refractivity contribution in [1.29, 1.82) is 0 Å². The van der Waals surface area contributed by atoms with Crippen molar-refractivity contribution in [2.45, 2.75) is 367 Å². The molecule has 0 aliphatic carbocycles. The van der Waals surface area contributed by atoms with Crippen molar-refractivity contribution in [2.75, 3.05) is 172 Å². The molecule has 25 unspecified atom stereocenters. The number of ketones is 2. The summed E-state index contributed by atoms with van der Waals surface area (Å²) in [5, 5.41) is 0. The highest BCUT2D eigenvalue weighted by Crippen LogP contribution is 2.35. The van der Waals surface area contributed by atoms with Crippen LogP contribution in [0.15, 0.2) is 0 Å². The summed E-state index contributed by atoms with van der Waals surface area (Å²) >= 11 is 0. The molecule has 706 valence electrons. The first-order chi connectivity index (χ1) is 56.0. The summed E-state index contributed by atoms with van der Waals surface area (Å²) < 4.78 is 144. The van der Waals surface area contributed by atoms with Crippen LogP contribution in [-0.4, -0.2) is 340 Å². The van der Waals surface area contributed by atoms with Crippen LogP contribution in [0.3, 0.4) is 0 Å². The zero-order chi connectivity index (χ0) is 89.6. The van der Waals surface area contributed by atoms with E-state index in [1.807, 2.05) is 201 Å². The van der Waals surface area contributed by atoms with Gasteiger partial charge in [0.15, 0.2) is 0 Å². The van der Waals surface area contributed by atoms with Crippen LogP contribution in [0.25, 0.3) is 0 Å². The van der Waals surface area contributed by atoms with Crippen LogP contribution in [0, 0.1) is 23.2 Å². The van der Waals surface area contributed by atoms with Crippen LogP contribution in [0.5, 0.6) is 0 Å². The first-order valence-corrected chi connectivity index (χ1v) is 44.6. The molecular weight excluding hydrogens is 1540 g/mol. The number of hydrogen-bond donors (Lipinski definition) is 0. The Morgan fingerprint density at radius 2 is 0.454 bits per heavy atom. The van der Waals surface area contributed by atoms with E-state index in [0.29, 0.717) is 178 Å². The van der Waals surface area contributed by atoms with Gasteiger partial charge in [-0.15, -0.1) is 0 Å². The maximum Gasteiger partial charge on any atom is 0.233 e. The van der Waals surface area contributed by atoms with E-state index in [2.05, 4.69) is 0 Å². The Morgan fingerprint density at radius 1 is 0.277 bits per heavy atom. The van der Waals surface area contributed by atoms with Crippen LogP contribution in [-0.2, 0) is 133 Å². The molecule has 0 bridgehead atoms. The number of carbonyl (C=O) groups excluding carboxylic acids is 4. The molecule has 0 N–H and O–H groups in total. The monoisotopic (exact) mass is 1720 g/mol. The van der Waals surface area contributed by atoms with Gasteiger partial charge in [-0.05, 0) is 171 Å². The molecule has 0 radical (unpaired) electrons. The number of rotatable bonds is 80. The molecule has 119 heavy (non-hydrogen) atoms. The normalized spacial score (nSPS) is 20.0. The Bertz CT molecular complexity index is 2500. The molecule has 25 atom stereocenters. The summed E-state index contributed by atoms with van der Waals surface area (Å²) in [5.41, 5.74) is -0.297. The SMILES string of the molecule is CC(COC(C)COC(C)COC(C)COC(C)COC(C)COC(C)COC(C)COC(C)COC(C)COC(C)COC(C)COC(C)COC(C)COC(C)COC(C)COC(C)COC(C)COC(C)COC(C)COC(C)COC(C)COC(C)COC(C)COCCC(=O)C(C)C)CC(=O)CCN1C(=O)CC(C(C)(C)C)C1=O. The molecule has 0 spiro atoms. The van der Waals surface area contributed by atoms with E-state index in [0.717, 1.165) is 0 Å². The lowest BCUT2D eigenvalue weighted by Gasteiger charge is -2.24.